The second-order valence-electron chi connectivity index (χ2n) is 5.94. The van der Waals surface area contributed by atoms with Crippen molar-refractivity contribution in [3.8, 4) is 23.0 Å². The van der Waals surface area contributed by atoms with Crippen LogP contribution in [0.25, 0.3) is 11.5 Å². The number of aryl methyl sites for hydroxylation is 1. The molecule has 0 aliphatic rings. The number of methoxy groups -OCH3 is 2. The van der Waals surface area contributed by atoms with Gasteiger partial charge < -0.3 is 13.9 Å². The Hall–Kier alpha value is -3.00. The van der Waals surface area contributed by atoms with E-state index in [2.05, 4.69) is 27.6 Å². The number of benzene rings is 2. The molecule has 146 valence electrons. The summed E-state index contributed by atoms with van der Waals surface area (Å²) in [6, 6.07) is 13.5. The fourth-order valence-electron chi connectivity index (χ4n) is 2.44. The maximum Gasteiger partial charge on any atom is 0.322 e. The first kappa shape index (κ1) is 19.8. The number of rotatable bonds is 8. The molecular weight excluding hydrogens is 378 g/mol. The van der Waals surface area contributed by atoms with Crippen LogP contribution in [0.4, 0.5) is 6.01 Å². The van der Waals surface area contributed by atoms with Gasteiger partial charge in [-0.05, 0) is 37.3 Å². The lowest BCUT2D eigenvalue weighted by Crippen LogP contribution is -2.12. The van der Waals surface area contributed by atoms with Crippen LogP contribution in [0, 0.1) is 6.92 Å². The molecule has 7 nitrogen and oxygen atoms in total. The van der Waals surface area contributed by atoms with Gasteiger partial charge in [-0.3, -0.25) is 10.1 Å². The summed E-state index contributed by atoms with van der Waals surface area (Å²) in [7, 11) is 3.12. The topological polar surface area (TPSA) is 86.5 Å². The molecule has 1 amide bonds. The van der Waals surface area contributed by atoms with Crippen LogP contribution in [0.5, 0.6) is 11.5 Å². The Morgan fingerprint density at radius 3 is 2.54 bits per heavy atom. The van der Waals surface area contributed by atoms with Crippen LogP contribution >= 0.6 is 11.8 Å². The van der Waals surface area contributed by atoms with Crippen molar-refractivity contribution in [2.45, 2.75) is 18.2 Å². The van der Waals surface area contributed by atoms with E-state index in [4.69, 9.17) is 13.9 Å². The minimum atomic E-state index is -0.179. The molecule has 0 radical (unpaired) electrons. The summed E-state index contributed by atoms with van der Waals surface area (Å²) in [6.45, 7) is 2.04. The van der Waals surface area contributed by atoms with E-state index in [1.54, 1.807) is 44.2 Å². The molecule has 0 saturated carbocycles. The number of nitrogens with one attached hydrogen (secondary N) is 1. The van der Waals surface area contributed by atoms with Crippen LogP contribution in [0.3, 0.4) is 0 Å². The van der Waals surface area contributed by atoms with E-state index in [9.17, 15) is 4.79 Å². The minimum absolute atomic E-state index is 0.0649. The van der Waals surface area contributed by atoms with E-state index < -0.39 is 0 Å². The van der Waals surface area contributed by atoms with Gasteiger partial charge in [-0.1, -0.05) is 22.8 Å². The lowest BCUT2D eigenvalue weighted by atomic mass is 10.2. The minimum Gasteiger partial charge on any atom is -0.493 e. The largest absolute Gasteiger partial charge is 0.493 e. The smallest absolute Gasteiger partial charge is 0.322 e. The molecule has 1 N–H and O–H groups in total. The molecule has 28 heavy (non-hydrogen) atoms. The summed E-state index contributed by atoms with van der Waals surface area (Å²) in [5.74, 6) is 1.92. The Bertz CT molecular complexity index is 941. The highest BCUT2D eigenvalue weighted by Gasteiger charge is 2.14. The lowest BCUT2D eigenvalue weighted by molar-refractivity contribution is -0.115. The van der Waals surface area contributed by atoms with E-state index >= 15 is 0 Å². The van der Waals surface area contributed by atoms with Crippen molar-refractivity contribution in [1.29, 1.82) is 0 Å². The van der Waals surface area contributed by atoms with Crippen molar-refractivity contribution in [3.63, 3.8) is 0 Å². The zero-order valence-electron chi connectivity index (χ0n) is 15.9. The monoisotopic (exact) mass is 399 g/mol. The van der Waals surface area contributed by atoms with Crippen molar-refractivity contribution < 1.29 is 18.7 Å². The molecule has 0 bridgehead atoms. The van der Waals surface area contributed by atoms with Gasteiger partial charge in [0.25, 0.3) is 0 Å². The molecule has 0 aliphatic carbocycles. The Kier molecular flexibility index (Phi) is 6.54. The van der Waals surface area contributed by atoms with Crippen molar-refractivity contribution in [3.05, 3.63) is 48.0 Å². The average molecular weight is 399 g/mol. The summed E-state index contributed by atoms with van der Waals surface area (Å²) < 4.78 is 16.0. The predicted molar refractivity (Wildman–Crippen MR) is 108 cm³/mol. The zero-order valence-corrected chi connectivity index (χ0v) is 16.7. The highest BCUT2D eigenvalue weighted by atomic mass is 32.2. The number of hydrogen-bond donors (Lipinski definition) is 1. The molecule has 3 rings (SSSR count). The van der Waals surface area contributed by atoms with Crippen LogP contribution in [-0.4, -0.2) is 36.1 Å². The molecule has 8 heteroatoms. The molecule has 0 atom stereocenters. The van der Waals surface area contributed by atoms with Crippen LogP contribution in [0.2, 0.25) is 0 Å². The molecular formula is C20H21N3O4S. The second-order valence-corrected chi connectivity index (χ2v) is 7.11. The van der Waals surface area contributed by atoms with Crippen molar-refractivity contribution in [2.75, 3.05) is 25.3 Å². The van der Waals surface area contributed by atoms with Gasteiger partial charge in [0.05, 0.1) is 14.2 Å². The van der Waals surface area contributed by atoms with E-state index in [1.165, 1.54) is 5.56 Å². The number of carbonyl (C=O) groups is 1. The van der Waals surface area contributed by atoms with E-state index in [0.717, 1.165) is 4.90 Å². The summed E-state index contributed by atoms with van der Waals surface area (Å²) >= 11 is 1.62. The fourth-order valence-corrected chi connectivity index (χ4v) is 3.29. The molecule has 0 spiro atoms. The van der Waals surface area contributed by atoms with E-state index in [1.807, 2.05) is 19.1 Å². The normalized spacial score (nSPS) is 10.5. The van der Waals surface area contributed by atoms with Crippen LogP contribution < -0.4 is 14.8 Å². The number of aromatic nitrogens is 2. The number of carbonyl (C=O) groups excluding carboxylic acids is 1. The first-order valence-electron chi connectivity index (χ1n) is 8.64. The molecule has 0 fully saturated rings. The average Bonchev–Trinajstić information content (AvgIpc) is 3.17. The summed E-state index contributed by atoms with van der Waals surface area (Å²) in [5, 5.41) is 10.5. The number of hydrogen-bond acceptors (Lipinski definition) is 7. The highest BCUT2D eigenvalue weighted by molar-refractivity contribution is 7.99. The van der Waals surface area contributed by atoms with Crippen molar-refractivity contribution in [1.82, 2.24) is 10.2 Å². The molecule has 1 aromatic heterocycles. The fraction of sp³-hybridized carbons (Fsp3) is 0.250. The Morgan fingerprint density at radius 2 is 1.82 bits per heavy atom. The van der Waals surface area contributed by atoms with Gasteiger partial charge in [0.2, 0.25) is 11.8 Å². The van der Waals surface area contributed by atoms with Crippen LogP contribution in [0.1, 0.15) is 12.0 Å². The predicted octanol–water partition coefficient (Wildman–Crippen LogP) is 4.18. The Morgan fingerprint density at radius 1 is 1.07 bits per heavy atom. The first-order chi connectivity index (χ1) is 13.6. The van der Waals surface area contributed by atoms with Gasteiger partial charge in [0.15, 0.2) is 11.5 Å². The number of amides is 1. The number of anilines is 1. The third-order valence-corrected chi connectivity index (χ3v) is 4.93. The van der Waals surface area contributed by atoms with Gasteiger partial charge >= 0.3 is 6.01 Å². The SMILES string of the molecule is COc1ccc(-c2nnc(NC(=O)CCSc3ccc(C)cc3)o2)cc1OC. The molecule has 3 aromatic rings. The highest BCUT2D eigenvalue weighted by Crippen LogP contribution is 2.32. The Labute approximate surface area is 167 Å². The molecule has 2 aromatic carbocycles. The van der Waals surface area contributed by atoms with E-state index in [0.29, 0.717) is 29.2 Å². The summed E-state index contributed by atoms with van der Waals surface area (Å²) in [5.41, 5.74) is 1.88. The van der Waals surface area contributed by atoms with Gasteiger partial charge in [0, 0.05) is 22.6 Å². The van der Waals surface area contributed by atoms with Gasteiger partial charge in [0.1, 0.15) is 0 Å². The molecule has 0 unspecified atom stereocenters. The maximum absolute atomic E-state index is 12.1. The van der Waals surface area contributed by atoms with Gasteiger partial charge in [-0.2, -0.15) is 0 Å². The molecule has 0 aliphatic heterocycles. The van der Waals surface area contributed by atoms with Crippen molar-refractivity contribution >= 4 is 23.7 Å². The van der Waals surface area contributed by atoms with Gasteiger partial charge in [-0.15, -0.1) is 16.9 Å². The quantitative estimate of drug-likeness (QED) is 0.569. The molecule has 1 heterocycles. The summed E-state index contributed by atoms with van der Waals surface area (Å²) in [6.07, 6.45) is 0.340. The lowest BCUT2D eigenvalue weighted by Gasteiger charge is -2.07. The van der Waals surface area contributed by atoms with E-state index in [-0.39, 0.29) is 17.8 Å². The summed E-state index contributed by atoms with van der Waals surface area (Å²) in [4.78, 5) is 13.2. The van der Waals surface area contributed by atoms with Crippen molar-refractivity contribution in [2.24, 2.45) is 0 Å². The van der Waals surface area contributed by atoms with Gasteiger partial charge in [-0.25, -0.2) is 0 Å². The zero-order chi connectivity index (χ0) is 19.9. The number of thioether (sulfide) groups is 1. The van der Waals surface area contributed by atoms with Crippen LogP contribution in [0.15, 0.2) is 51.8 Å². The first-order valence-corrected chi connectivity index (χ1v) is 9.63. The number of ether oxygens (including phenoxy) is 2. The second kappa shape index (κ2) is 9.27. The van der Waals surface area contributed by atoms with Crippen LogP contribution in [-0.2, 0) is 4.79 Å². The third kappa shape index (κ3) is 5.04. The number of nitrogens with zero attached hydrogens (tertiary/aromatic N) is 2. The Balaban J connectivity index is 1.55. The standard InChI is InChI=1S/C20H21N3O4S/c1-13-4-7-15(8-5-13)28-11-10-18(24)21-20-23-22-19(27-20)14-6-9-16(25-2)17(12-14)26-3/h4-9,12H,10-11H2,1-3H3,(H,21,23,24). The third-order valence-electron chi connectivity index (χ3n) is 3.92. The maximum atomic E-state index is 12.1. The molecule has 0 saturated heterocycles.